The van der Waals surface area contributed by atoms with Gasteiger partial charge in [-0.2, -0.15) is 0 Å². The van der Waals surface area contributed by atoms with Crippen molar-refractivity contribution in [3.63, 3.8) is 0 Å². The molecule has 1 saturated heterocycles. The van der Waals surface area contributed by atoms with Crippen molar-refractivity contribution >= 4 is 26.0 Å². The van der Waals surface area contributed by atoms with Crippen molar-refractivity contribution in [1.82, 2.24) is 4.72 Å². The van der Waals surface area contributed by atoms with Gasteiger partial charge < -0.3 is 14.2 Å². The Morgan fingerprint density at radius 2 is 2.19 bits per heavy atom. The molecule has 1 aliphatic heterocycles. The Kier molecular flexibility index (Phi) is 5.26. The van der Waals surface area contributed by atoms with Crippen LogP contribution in [0.1, 0.15) is 6.42 Å². The number of benzene rings is 1. The number of hydrogen-bond acceptors (Lipinski definition) is 5. The van der Waals surface area contributed by atoms with Crippen molar-refractivity contribution in [2.75, 3.05) is 34.0 Å². The van der Waals surface area contributed by atoms with E-state index >= 15 is 0 Å². The van der Waals surface area contributed by atoms with Gasteiger partial charge >= 0.3 is 0 Å². The van der Waals surface area contributed by atoms with E-state index in [1.54, 1.807) is 19.2 Å². The molecule has 2 rings (SSSR count). The zero-order valence-corrected chi connectivity index (χ0v) is 14.3. The van der Waals surface area contributed by atoms with Gasteiger partial charge in [0.1, 0.15) is 16.2 Å². The van der Waals surface area contributed by atoms with E-state index in [4.69, 9.17) is 14.2 Å². The molecule has 1 aromatic rings. The lowest BCUT2D eigenvalue weighted by Crippen LogP contribution is -2.45. The molecule has 0 aromatic heterocycles. The molecule has 0 radical (unpaired) electrons. The van der Waals surface area contributed by atoms with E-state index in [2.05, 4.69) is 20.7 Å². The molecule has 1 aliphatic rings. The first-order valence-corrected chi connectivity index (χ1v) is 8.66. The van der Waals surface area contributed by atoms with E-state index in [0.29, 0.717) is 29.9 Å². The number of rotatable bonds is 6. The zero-order chi connectivity index (χ0) is 15.5. The summed E-state index contributed by atoms with van der Waals surface area (Å²) in [6.45, 7) is 1.10. The molecule has 0 amide bonds. The predicted molar refractivity (Wildman–Crippen MR) is 81.1 cm³/mol. The molecule has 1 atom stereocenters. The second-order valence-corrected chi connectivity index (χ2v) is 7.46. The van der Waals surface area contributed by atoms with Gasteiger partial charge in [-0.15, -0.1) is 0 Å². The summed E-state index contributed by atoms with van der Waals surface area (Å²) in [4.78, 5) is 0.0875. The number of methoxy groups -OCH3 is 2. The second kappa shape index (κ2) is 6.62. The summed E-state index contributed by atoms with van der Waals surface area (Å²) in [5.74, 6) is 0.292. The molecule has 1 fully saturated rings. The lowest BCUT2D eigenvalue weighted by atomic mass is 10.0. The van der Waals surface area contributed by atoms with Gasteiger partial charge in [0.25, 0.3) is 0 Å². The molecule has 0 aliphatic carbocycles. The number of sulfonamides is 1. The van der Waals surface area contributed by atoms with Crippen molar-refractivity contribution in [3.8, 4) is 5.75 Å². The normalized spacial score (nSPS) is 22.4. The van der Waals surface area contributed by atoms with Gasteiger partial charge in [0.05, 0.1) is 13.7 Å². The fourth-order valence-electron chi connectivity index (χ4n) is 2.13. The van der Waals surface area contributed by atoms with Gasteiger partial charge in [0.2, 0.25) is 10.0 Å². The largest absolute Gasteiger partial charge is 0.495 e. The first-order valence-electron chi connectivity index (χ1n) is 6.38. The summed E-state index contributed by atoms with van der Waals surface area (Å²) in [5.41, 5.74) is -0.605. The molecule has 1 aromatic carbocycles. The lowest BCUT2D eigenvalue weighted by Gasteiger charge is -2.26. The molecule has 8 heteroatoms. The molecule has 1 unspecified atom stereocenters. The number of halogens is 1. The van der Waals surface area contributed by atoms with Gasteiger partial charge in [-0.25, -0.2) is 13.1 Å². The van der Waals surface area contributed by atoms with E-state index in [9.17, 15) is 8.42 Å². The molecule has 1 N–H and O–H groups in total. The summed E-state index contributed by atoms with van der Waals surface area (Å²) in [6, 6.07) is 4.83. The maximum absolute atomic E-state index is 12.5. The van der Waals surface area contributed by atoms with Crippen LogP contribution in [0.15, 0.2) is 27.6 Å². The summed E-state index contributed by atoms with van der Waals surface area (Å²) in [7, 11) is -0.709. The van der Waals surface area contributed by atoms with Crippen LogP contribution in [0.3, 0.4) is 0 Å². The van der Waals surface area contributed by atoms with Crippen molar-refractivity contribution in [2.24, 2.45) is 0 Å². The lowest BCUT2D eigenvalue weighted by molar-refractivity contribution is -0.0120. The van der Waals surface area contributed by atoms with Gasteiger partial charge in [0.15, 0.2) is 0 Å². The first kappa shape index (κ1) is 16.7. The summed E-state index contributed by atoms with van der Waals surface area (Å²) in [5, 5.41) is 0. The molecule has 1 heterocycles. The van der Waals surface area contributed by atoms with Crippen molar-refractivity contribution in [1.29, 1.82) is 0 Å². The van der Waals surface area contributed by atoms with Crippen LogP contribution in [0.2, 0.25) is 0 Å². The third-order valence-electron chi connectivity index (χ3n) is 3.50. The third-order valence-corrected chi connectivity index (χ3v) is 5.42. The fraction of sp³-hybridized carbons (Fsp3) is 0.538. The SMILES string of the molecule is COc1ccc(Br)cc1S(=O)(=O)NCC1(OC)CCOC1. The van der Waals surface area contributed by atoms with Crippen LogP contribution < -0.4 is 9.46 Å². The van der Waals surface area contributed by atoms with Crippen molar-refractivity contribution in [3.05, 3.63) is 22.7 Å². The van der Waals surface area contributed by atoms with Crippen LogP contribution in [-0.4, -0.2) is 48.0 Å². The minimum absolute atomic E-state index is 0.0875. The van der Waals surface area contributed by atoms with Gasteiger partial charge in [-0.1, -0.05) is 15.9 Å². The highest BCUT2D eigenvalue weighted by atomic mass is 79.9. The van der Waals surface area contributed by atoms with Gasteiger partial charge in [0, 0.05) is 31.2 Å². The topological polar surface area (TPSA) is 73.9 Å². The van der Waals surface area contributed by atoms with Crippen LogP contribution >= 0.6 is 15.9 Å². The molecular formula is C13H18BrNO5S. The Labute approximate surface area is 132 Å². The molecule has 0 bridgehead atoms. The summed E-state index contributed by atoms with van der Waals surface area (Å²) >= 11 is 3.27. The van der Waals surface area contributed by atoms with E-state index in [0.717, 1.165) is 0 Å². The van der Waals surface area contributed by atoms with Crippen LogP contribution in [-0.2, 0) is 19.5 Å². The minimum atomic E-state index is -3.70. The predicted octanol–water partition coefficient (Wildman–Crippen LogP) is 1.54. The average Bonchev–Trinajstić information content (AvgIpc) is 2.95. The first-order chi connectivity index (χ1) is 9.92. The van der Waals surface area contributed by atoms with Crippen LogP contribution in [0.5, 0.6) is 5.75 Å². The van der Waals surface area contributed by atoms with Crippen LogP contribution in [0.25, 0.3) is 0 Å². The molecule has 6 nitrogen and oxygen atoms in total. The minimum Gasteiger partial charge on any atom is -0.495 e. The van der Waals surface area contributed by atoms with Gasteiger partial charge in [-0.3, -0.25) is 0 Å². The molecular weight excluding hydrogens is 362 g/mol. The number of hydrogen-bond donors (Lipinski definition) is 1. The Bertz CT molecular complexity index is 599. The quantitative estimate of drug-likeness (QED) is 0.811. The highest BCUT2D eigenvalue weighted by Crippen LogP contribution is 2.28. The third kappa shape index (κ3) is 3.75. The fourth-order valence-corrected chi connectivity index (χ4v) is 3.95. The smallest absolute Gasteiger partial charge is 0.244 e. The molecule has 118 valence electrons. The molecule has 21 heavy (non-hydrogen) atoms. The van der Waals surface area contributed by atoms with Crippen LogP contribution in [0, 0.1) is 0 Å². The summed E-state index contributed by atoms with van der Waals surface area (Å²) in [6.07, 6.45) is 0.654. The Morgan fingerprint density at radius 3 is 2.76 bits per heavy atom. The van der Waals surface area contributed by atoms with Crippen molar-refractivity contribution < 1.29 is 22.6 Å². The molecule has 0 saturated carbocycles. The maximum atomic E-state index is 12.5. The average molecular weight is 380 g/mol. The van der Waals surface area contributed by atoms with Crippen molar-refractivity contribution in [2.45, 2.75) is 16.9 Å². The maximum Gasteiger partial charge on any atom is 0.244 e. The van der Waals surface area contributed by atoms with E-state index in [-0.39, 0.29) is 11.4 Å². The number of ether oxygens (including phenoxy) is 3. The zero-order valence-electron chi connectivity index (χ0n) is 11.9. The van der Waals surface area contributed by atoms with E-state index in [1.165, 1.54) is 13.2 Å². The number of nitrogens with one attached hydrogen (secondary N) is 1. The Balaban J connectivity index is 2.20. The Morgan fingerprint density at radius 1 is 1.43 bits per heavy atom. The molecule has 0 spiro atoms. The Hall–Kier alpha value is -0.670. The second-order valence-electron chi connectivity index (χ2n) is 4.81. The van der Waals surface area contributed by atoms with E-state index in [1.807, 2.05) is 0 Å². The van der Waals surface area contributed by atoms with Gasteiger partial charge in [-0.05, 0) is 18.2 Å². The highest BCUT2D eigenvalue weighted by molar-refractivity contribution is 9.10. The summed E-state index contributed by atoms with van der Waals surface area (Å²) < 4.78 is 44.0. The van der Waals surface area contributed by atoms with Crippen LogP contribution in [0.4, 0.5) is 0 Å². The van der Waals surface area contributed by atoms with E-state index < -0.39 is 15.6 Å². The monoisotopic (exact) mass is 379 g/mol. The standard InChI is InChI=1S/C13H18BrNO5S/c1-18-11-4-3-10(14)7-12(11)21(16,17)15-8-13(19-2)5-6-20-9-13/h3-4,7,15H,5-6,8-9H2,1-2H3. The highest BCUT2D eigenvalue weighted by Gasteiger charge is 2.36.